The molecule has 0 radical (unpaired) electrons. The van der Waals surface area contributed by atoms with Crippen LogP contribution in [0.2, 0.25) is 5.02 Å². The molecule has 22 heavy (non-hydrogen) atoms. The van der Waals surface area contributed by atoms with Gasteiger partial charge in [0.25, 0.3) is 0 Å². The lowest BCUT2D eigenvalue weighted by Crippen LogP contribution is -2.56. The van der Waals surface area contributed by atoms with E-state index < -0.39 is 0 Å². The second-order valence-electron chi connectivity index (χ2n) is 6.17. The molecule has 1 aromatic carbocycles. The highest BCUT2D eigenvalue weighted by atomic mass is 35.5. The fraction of sp³-hybridized carbons (Fsp3) is 0.471. The summed E-state index contributed by atoms with van der Waals surface area (Å²) in [5.41, 5.74) is 0.957. The van der Waals surface area contributed by atoms with Crippen molar-refractivity contribution in [3.8, 4) is 0 Å². The van der Waals surface area contributed by atoms with E-state index in [0.29, 0.717) is 17.1 Å². The first-order valence-corrected chi connectivity index (χ1v) is 8.61. The lowest BCUT2D eigenvalue weighted by Gasteiger charge is -2.49. The third-order valence-corrected chi connectivity index (χ3v) is 5.33. The summed E-state index contributed by atoms with van der Waals surface area (Å²) in [6.07, 6.45) is 4.68. The van der Waals surface area contributed by atoms with Crippen LogP contribution in [0.4, 0.5) is 5.69 Å². The molecule has 3 saturated heterocycles. The number of benzene rings is 1. The van der Waals surface area contributed by atoms with Crippen molar-refractivity contribution in [3.63, 3.8) is 0 Å². The molecule has 3 aliphatic heterocycles. The van der Waals surface area contributed by atoms with Crippen LogP contribution in [0.1, 0.15) is 12.8 Å². The molecule has 4 atom stereocenters. The van der Waals surface area contributed by atoms with Crippen molar-refractivity contribution in [2.24, 2.45) is 11.8 Å². The molecule has 4 unspecified atom stereocenters. The van der Waals surface area contributed by atoms with Crippen molar-refractivity contribution in [2.45, 2.75) is 18.9 Å². The zero-order valence-corrected chi connectivity index (χ0v) is 14.2. The molecule has 0 aromatic heterocycles. The van der Waals surface area contributed by atoms with E-state index in [1.54, 1.807) is 0 Å². The van der Waals surface area contributed by atoms with Crippen molar-refractivity contribution in [3.05, 3.63) is 41.9 Å². The van der Waals surface area contributed by atoms with Crippen molar-refractivity contribution >= 4 is 34.6 Å². The molecule has 3 nitrogen and oxygen atoms in total. The zero-order valence-electron chi connectivity index (χ0n) is 12.6. The summed E-state index contributed by atoms with van der Waals surface area (Å²) < 4.78 is 0. The number of nitrogens with zero attached hydrogens (tertiary/aromatic N) is 1. The van der Waals surface area contributed by atoms with Crippen LogP contribution in [0, 0.1) is 11.8 Å². The number of anilines is 1. The van der Waals surface area contributed by atoms with E-state index >= 15 is 0 Å². The Morgan fingerprint density at radius 1 is 1.41 bits per heavy atom. The van der Waals surface area contributed by atoms with Crippen molar-refractivity contribution in [2.75, 3.05) is 25.0 Å². The van der Waals surface area contributed by atoms with E-state index in [1.807, 2.05) is 24.3 Å². The van der Waals surface area contributed by atoms with E-state index in [9.17, 15) is 0 Å². The molecule has 0 saturated carbocycles. The number of halogens is 1. The molecule has 0 spiro atoms. The van der Waals surface area contributed by atoms with Crippen LogP contribution in [-0.2, 0) is 0 Å². The highest BCUT2D eigenvalue weighted by Crippen LogP contribution is 2.36. The predicted molar refractivity (Wildman–Crippen MR) is 97.4 cm³/mol. The Hall–Kier alpha value is -1.10. The summed E-state index contributed by atoms with van der Waals surface area (Å²) in [6, 6.07) is 8.15. The summed E-state index contributed by atoms with van der Waals surface area (Å²) in [5.74, 6) is 1.47. The van der Waals surface area contributed by atoms with Gasteiger partial charge >= 0.3 is 0 Å². The molecule has 3 fully saturated rings. The van der Waals surface area contributed by atoms with Crippen LogP contribution < -0.4 is 10.6 Å². The Labute approximate surface area is 142 Å². The maximum atomic E-state index is 5.88. The average Bonchev–Trinajstić information content (AvgIpc) is 2.55. The molecule has 5 heteroatoms. The van der Waals surface area contributed by atoms with E-state index in [2.05, 4.69) is 28.2 Å². The molecule has 1 aromatic rings. The second kappa shape index (κ2) is 6.99. The van der Waals surface area contributed by atoms with Gasteiger partial charge in [0.05, 0.1) is 0 Å². The Balaban J connectivity index is 1.47. The van der Waals surface area contributed by atoms with Gasteiger partial charge in [-0.05, 0) is 67.7 Å². The van der Waals surface area contributed by atoms with Crippen molar-refractivity contribution < 1.29 is 0 Å². The third-order valence-electron chi connectivity index (χ3n) is 4.83. The molecule has 0 amide bonds. The van der Waals surface area contributed by atoms with Gasteiger partial charge in [0.2, 0.25) is 0 Å². The van der Waals surface area contributed by atoms with Gasteiger partial charge in [-0.3, -0.25) is 4.90 Å². The number of hydrogen-bond acceptors (Lipinski definition) is 2. The molecule has 0 aliphatic carbocycles. The SMILES string of the molecule is C=CC1CN2CCC1CC2CNC(=S)Nc1ccc(Cl)cc1. The smallest absolute Gasteiger partial charge is 0.170 e. The molecular weight excluding hydrogens is 314 g/mol. The average molecular weight is 336 g/mol. The van der Waals surface area contributed by atoms with E-state index in [4.69, 9.17) is 23.8 Å². The zero-order chi connectivity index (χ0) is 15.5. The van der Waals surface area contributed by atoms with Gasteiger partial charge in [-0.1, -0.05) is 17.7 Å². The maximum Gasteiger partial charge on any atom is 0.170 e. The van der Waals surface area contributed by atoms with Crippen LogP contribution in [0.5, 0.6) is 0 Å². The normalized spacial score (nSPS) is 29.9. The molecule has 4 rings (SSSR count). The molecule has 3 heterocycles. The summed E-state index contributed by atoms with van der Waals surface area (Å²) in [4.78, 5) is 2.57. The maximum absolute atomic E-state index is 5.88. The van der Waals surface area contributed by atoms with Crippen molar-refractivity contribution in [1.82, 2.24) is 10.2 Å². The van der Waals surface area contributed by atoms with E-state index in [0.717, 1.165) is 29.7 Å². The molecule has 118 valence electrons. The highest BCUT2D eigenvalue weighted by molar-refractivity contribution is 7.80. The first-order valence-electron chi connectivity index (χ1n) is 7.82. The fourth-order valence-corrected chi connectivity index (χ4v) is 3.91. The van der Waals surface area contributed by atoms with E-state index in [1.165, 1.54) is 19.4 Å². The molecular formula is C17H22ClN3S. The summed E-state index contributed by atoms with van der Waals surface area (Å²) in [7, 11) is 0. The van der Waals surface area contributed by atoms with Gasteiger partial charge < -0.3 is 10.6 Å². The minimum Gasteiger partial charge on any atom is -0.361 e. The quantitative estimate of drug-likeness (QED) is 0.650. The van der Waals surface area contributed by atoms with Gasteiger partial charge in [0.1, 0.15) is 0 Å². The lowest BCUT2D eigenvalue weighted by molar-refractivity contribution is 0.0215. The first kappa shape index (κ1) is 15.8. The number of rotatable bonds is 4. The summed E-state index contributed by atoms with van der Waals surface area (Å²) >= 11 is 11.3. The monoisotopic (exact) mass is 335 g/mol. The highest BCUT2D eigenvalue weighted by Gasteiger charge is 2.38. The first-order chi connectivity index (χ1) is 10.7. The van der Waals surface area contributed by atoms with E-state index in [-0.39, 0.29) is 0 Å². The predicted octanol–water partition coefficient (Wildman–Crippen LogP) is 3.52. The number of fused-ring (bicyclic) bond motifs is 3. The number of nitrogens with one attached hydrogen (secondary N) is 2. The fourth-order valence-electron chi connectivity index (χ4n) is 3.58. The Bertz CT molecular complexity index is 545. The number of thiocarbonyl (C=S) groups is 1. The third kappa shape index (κ3) is 3.62. The van der Waals surface area contributed by atoms with Crippen LogP contribution in [-0.4, -0.2) is 35.7 Å². The number of hydrogen-bond donors (Lipinski definition) is 2. The standard InChI is InChI=1S/C17H22ClN3S/c1-2-12-11-21-8-7-13(12)9-16(21)10-19-17(22)20-15-5-3-14(18)4-6-15/h2-6,12-13,16H,1,7-11H2,(H2,19,20,22). The largest absolute Gasteiger partial charge is 0.361 e. The summed E-state index contributed by atoms with van der Waals surface area (Å²) in [5, 5.41) is 7.95. The topological polar surface area (TPSA) is 27.3 Å². The molecule has 3 aliphatic rings. The Kier molecular flexibility index (Phi) is 5.01. The van der Waals surface area contributed by atoms with Gasteiger partial charge in [0.15, 0.2) is 5.11 Å². The summed E-state index contributed by atoms with van der Waals surface area (Å²) in [6.45, 7) is 7.23. The van der Waals surface area contributed by atoms with Gasteiger partial charge in [-0.2, -0.15) is 0 Å². The minimum absolute atomic E-state index is 0.583. The van der Waals surface area contributed by atoms with Gasteiger partial charge in [-0.15, -0.1) is 6.58 Å². The van der Waals surface area contributed by atoms with Crippen LogP contribution in [0.25, 0.3) is 0 Å². The Morgan fingerprint density at radius 2 is 2.18 bits per heavy atom. The number of piperidine rings is 3. The van der Waals surface area contributed by atoms with Crippen molar-refractivity contribution in [1.29, 1.82) is 0 Å². The Morgan fingerprint density at radius 3 is 2.82 bits per heavy atom. The molecule has 2 N–H and O–H groups in total. The lowest BCUT2D eigenvalue weighted by atomic mass is 9.76. The van der Waals surface area contributed by atoms with Crippen LogP contribution in [0.3, 0.4) is 0 Å². The van der Waals surface area contributed by atoms with Crippen LogP contribution in [0.15, 0.2) is 36.9 Å². The van der Waals surface area contributed by atoms with Gasteiger partial charge in [-0.25, -0.2) is 0 Å². The van der Waals surface area contributed by atoms with Crippen LogP contribution >= 0.6 is 23.8 Å². The molecule has 2 bridgehead atoms. The second-order valence-corrected chi connectivity index (χ2v) is 7.02. The van der Waals surface area contributed by atoms with Gasteiger partial charge in [0, 0.05) is 29.8 Å². The minimum atomic E-state index is 0.583.